The Labute approximate surface area is 186 Å². The Kier molecular flexibility index (Phi) is 11.0. The molecule has 174 valence electrons. The lowest BCUT2D eigenvalue weighted by Crippen LogP contribution is -2.50. The number of carbonyl (C=O) groups is 1. The van der Waals surface area contributed by atoms with Gasteiger partial charge in [0.25, 0.3) is 0 Å². The van der Waals surface area contributed by atoms with Gasteiger partial charge in [0.05, 0.1) is 20.3 Å². The van der Waals surface area contributed by atoms with Gasteiger partial charge in [-0.05, 0) is 57.2 Å². The van der Waals surface area contributed by atoms with E-state index in [1.165, 1.54) is 5.56 Å². The van der Waals surface area contributed by atoms with Crippen molar-refractivity contribution in [2.75, 3.05) is 53.5 Å². The monoisotopic (exact) mass is 433 g/mol. The Morgan fingerprint density at radius 1 is 1.23 bits per heavy atom. The number of likely N-dealkylation sites (tertiary alicyclic amines) is 1. The first-order valence-corrected chi connectivity index (χ1v) is 11.4. The van der Waals surface area contributed by atoms with E-state index in [0.717, 1.165) is 69.3 Å². The first kappa shape index (κ1) is 24.8. The smallest absolute Gasteiger partial charge is 0.233 e. The topological polar surface area (TPSA) is 87.2 Å². The average Bonchev–Trinajstić information content (AvgIpc) is 2.78. The van der Waals surface area contributed by atoms with Crippen LogP contribution in [-0.2, 0) is 11.2 Å². The predicted molar refractivity (Wildman–Crippen MR) is 125 cm³/mol. The summed E-state index contributed by atoms with van der Waals surface area (Å²) in [7, 11) is 3.34. The molecule has 0 saturated carbocycles. The van der Waals surface area contributed by atoms with Gasteiger partial charge in [0.1, 0.15) is 0 Å². The quantitative estimate of drug-likeness (QED) is 0.280. The van der Waals surface area contributed by atoms with Gasteiger partial charge >= 0.3 is 0 Å². The van der Waals surface area contributed by atoms with Gasteiger partial charge in [-0.25, -0.2) is 0 Å². The molecule has 1 aromatic carbocycles. The third kappa shape index (κ3) is 8.65. The highest BCUT2D eigenvalue weighted by atomic mass is 16.5. The third-order valence-corrected chi connectivity index (χ3v) is 5.34. The van der Waals surface area contributed by atoms with Crippen LogP contribution in [0.2, 0.25) is 0 Å². The number of aliphatic imine (C=N–C) groups is 1. The molecule has 1 amide bonds. The van der Waals surface area contributed by atoms with E-state index in [4.69, 9.17) is 14.5 Å². The van der Waals surface area contributed by atoms with Crippen molar-refractivity contribution >= 4 is 11.9 Å². The van der Waals surface area contributed by atoms with Gasteiger partial charge in [-0.2, -0.15) is 0 Å². The van der Waals surface area contributed by atoms with Gasteiger partial charge in [0.2, 0.25) is 5.91 Å². The number of amides is 1. The molecular formula is C23H39N5O3. The molecule has 8 nitrogen and oxygen atoms in total. The lowest BCUT2D eigenvalue weighted by Gasteiger charge is -2.32. The number of nitrogens with zero attached hydrogens (tertiary/aromatic N) is 2. The molecule has 0 atom stereocenters. The Bertz CT molecular complexity index is 702. The lowest BCUT2D eigenvalue weighted by molar-refractivity contribution is -0.122. The van der Waals surface area contributed by atoms with Crippen LogP contribution in [0.1, 0.15) is 38.7 Å². The zero-order valence-corrected chi connectivity index (χ0v) is 19.5. The van der Waals surface area contributed by atoms with Crippen LogP contribution in [0.5, 0.6) is 11.5 Å². The fourth-order valence-electron chi connectivity index (χ4n) is 3.65. The van der Waals surface area contributed by atoms with Crippen molar-refractivity contribution in [3.05, 3.63) is 23.8 Å². The molecule has 0 aliphatic carbocycles. The molecule has 1 saturated heterocycles. The number of methoxy groups -OCH3 is 1. The molecule has 2 rings (SSSR count). The van der Waals surface area contributed by atoms with Crippen LogP contribution in [0.15, 0.2) is 23.2 Å². The zero-order chi connectivity index (χ0) is 22.5. The molecule has 0 bridgehead atoms. The fraction of sp³-hybridized carbons (Fsp3) is 0.652. The van der Waals surface area contributed by atoms with Gasteiger partial charge in [0, 0.05) is 39.3 Å². The Balaban J connectivity index is 1.80. The minimum Gasteiger partial charge on any atom is -0.493 e. The van der Waals surface area contributed by atoms with Gasteiger partial charge in [0.15, 0.2) is 17.5 Å². The van der Waals surface area contributed by atoms with E-state index in [1.54, 1.807) is 14.2 Å². The summed E-state index contributed by atoms with van der Waals surface area (Å²) in [5, 5.41) is 9.60. The number of aryl methyl sites for hydroxylation is 1. The number of piperidine rings is 1. The number of ether oxygens (including phenoxy) is 2. The number of rotatable bonds is 11. The Hall–Kier alpha value is -2.48. The molecule has 0 aromatic heterocycles. The number of hydrogen-bond donors (Lipinski definition) is 3. The van der Waals surface area contributed by atoms with Crippen molar-refractivity contribution < 1.29 is 14.3 Å². The molecular weight excluding hydrogens is 394 g/mol. The van der Waals surface area contributed by atoms with Gasteiger partial charge in [-0.3, -0.25) is 14.7 Å². The highest BCUT2D eigenvalue weighted by Gasteiger charge is 2.21. The average molecular weight is 434 g/mol. The summed E-state index contributed by atoms with van der Waals surface area (Å²) >= 11 is 0. The van der Waals surface area contributed by atoms with Gasteiger partial charge in [-0.1, -0.05) is 6.07 Å². The van der Waals surface area contributed by atoms with Crippen LogP contribution in [0.4, 0.5) is 0 Å². The van der Waals surface area contributed by atoms with Gasteiger partial charge in [-0.15, -0.1) is 0 Å². The lowest BCUT2D eigenvalue weighted by atomic mass is 10.1. The summed E-state index contributed by atoms with van der Waals surface area (Å²) in [6.45, 7) is 8.57. The molecule has 0 radical (unpaired) electrons. The molecule has 0 unspecified atom stereocenters. The van der Waals surface area contributed by atoms with E-state index < -0.39 is 0 Å². The predicted octanol–water partition coefficient (Wildman–Crippen LogP) is 1.79. The molecule has 1 fully saturated rings. The summed E-state index contributed by atoms with van der Waals surface area (Å²) in [5.74, 6) is 2.51. The van der Waals surface area contributed by atoms with Crippen LogP contribution in [0, 0.1) is 0 Å². The third-order valence-electron chi connectivity index (χ3n) is 5.34. The van der Waals surface area contributed by atoms with Crippen molar-refractivity contribution in [3.8, 4) is 11.5 Å². The maximum Gasteiger partial charge on any atom is 0.233 e. The van der Waals surface area contributed by atoms with E-state index in [-0.39, 0.29) is 5.91 Å². The second kappa shape index (κ2) is 13.7. The largest absolute Gasteiger partial charge is 0.493 e. The first-order valence-electron chi connectivity index (χ1n) is 11.4. The second-order valence-electron chi connectivity index (χ2n) is 7.65. The van der Waals surface area contributed by atoms with Crippen molar-refractivity contribution in [2.24, 2.45) is 4.99 Å². The van der Waals surface area contributed by atoms with Crippen LogP contribution in [0.3, 0.4) is 0 Å². The molecule has 1 heterocycles. The minimum absolute atomic E-state index is 0.0755. The summed E-state index contributed by atoms with van der Waals surface area (Å²) in [5.41, 5.74) is 1.22. The Morgan fingerprint density at radius 2 is 2.00 bits per heavy atom. The molecule has 3 N–H and O–H groups in total. The summed E-state index contributed by atoms with van der Waals surface area (Å²) < 4.78 is 11.0. The number of likely N-dealkylation sites (N-methyl/N-ethyl adjacent to an activating group) is 1. The maximum atomic E-state index is 11.5. The SMILES string of the molecule is CCNC(=NCCCc1ccc(OC)c(OCC)c1)NC1CCN(CC(=O)NC)CC1. The maximum absolute atomic E-state index is 11.5. The summed E-state index contributed by atoms with van der Waals surface area (Å²) in [4.78, 5) is 18.5. The van der Waals surface area contributed by atoms with Crippen LogP contribution in [-0.4, -0.2) is 76.3 Å². The van der Waals surface area contributed by atoms with E-state index in [1.807, 2.05) is 13.0 Å². The number of carbonyl (C=O) groups excluding carboxylic acids is 1. The number of nitrogens with one attached hydrogen (secondary N) is 3. The number of hydrogen-bond acceptors (Lipinski definition) is 5. The standard InChI is InChI=1S/C23H39N5O3/c1-5-25-23(27-19-11-14-28(15-12-19)17-22(29)24-3)26-13-7-8-18-9-10-20(30-4)21(16-18)31-6-2/h9-10,16,19H,5-8,11-15,17H2,1-4H3,(H,24,29)(H2,25,26,27). The Morgan fingerprint density at radius 3 is 2.65 bits per heavy atom. The molecule has 0 spiro atoms. The zero-order valence-electron chi connectivity index (χ0n) is 19.5. The molecule has 8 heteroatoms. The molecule has 1 aromatic rings. The van der Waals surface area contributed by atoms with Crippen molar-refractivity contribution in [2.45, 2.75) is 45.6 Å². The van der Waals surface area contributed by atoms with E-state index in [0.29, 0.717) is 19.2 Å². The first-order chi connectivity index (χ1) is 15.1. The van der Waals surface area contributed by atoms with Crippen LogP contribution in [0.25, 0.3) is 0 Å². The molecule has 1 aliphatic rings. The fourth-order valence-corrected chi connectivity index (χ4v) is 3.65. The minimum atomic E-state index is 0.0755. The van der Waals surface area contributed by atoms with Crippen molar-refractivity contribution in [3.63, 3.8) is 0 Å². The van der Waals surface area contributed by atoms with Crippen molar-refractivity contribution in [1.82, 2.24) is 20.9 Å². The van der Waals surface area contributed by atoms with Crippen LogP contribution >= 0.6 is 0 Å². The van der Waals surface area contributed by atoms with E-state index in [9.17, 15) is 4.79 Å². The molecule has 31 heavy (non-hydrogen) atoms. The van der Waals surface area contributed by atoms with E-state index >= 15 is 0 Å². The number of guanidine groups is 1. The summed E-state index contributed by atoms with van der Waals surface area (Å²) in [6, 6.07) is 6.49. The van der Waals surface area contributed by atoms with Gasteiger partial charge < -0.3 is 25.4 Å². The normalized spacial score (nSPS) is 15.4. The second-order valence-corrected chi connectivity index (χ2v) is 7.65. The highest BCUT2D eigenvalue weighted by Crippen LogP contribution is 2.28. The van der Waals surface area contributed by atoms with Crippen molar-refractivity contribution in [1.29, 1.82) is 0 Å². The van der Waals surface area contributed by atoms with Crippen LogP contribution < -0.4 is 25.4 Å². The summed E-state index contributed by atoms with van der Waals surface area (Å²) in [6.07, 6.45) is 3.91. The number of benzene rings is 1. The van der Waals surface area contributed by atoms with E-state index in [2.05, 4.69) is 39.9 Å². The molecule has 1 aliphatic heterocycles. The highest BCUT2D eigenvalue weighted by molar-refractivity contribution is 5.80.